The molecule has 0 saturated heterocycles. The lowest BCUT2D eigenvalue weighted by atomic mass is 10.1. The average molecular weight is 358 g/mol. The summed E-state index contributed by atoms with van der Waals surface area (Å²) in [5.74, 6) is 0. The number of hydrogen-bond donors (Lipinski definition) is 1. The first-order chi connectivity index (χ1) is 8.51. The maximum atomic E-state index is 13.0. The molecule has 0 heterocycles. The molecule has 0 aromatic heterocycles. The number of hydrogen-bond acceptors (Lipinski definition) is 2. The molecule has 0 radical (unpaired) electrons. The Morgan fingerprint density at radius 3 is 2.00 bits per heavy atom. The Bertz CT molecular complexity index is 416. The van der Waals surface area contributed by atoms with Crippen LogP contribution in [0.5, 0.6) is 0 Å². The zero-order valence-electron chi connectivity index (χ0n) is 10.7. The summed E-state index contributed by atoms with van der Waals surface area (Å²) in [6, 6.07) is 3.82. The second-order valence-corrected chi connectivity index (χ2v) is 7.94. The van der Waals surface area contributed by atoms with Crippen LogP contribution in [0, 0.1) is 0 Å². The largest absolute Gasteiger partial charge is 0.598 e. The molecule has 0 aliphatic carbocycles. The van der Waals surface area contributed by atoms with Crippen LogP contribution in [0.2, 0.25) is 0 Å². The van der Waals surface area contributed by atoms with Gasteiger partial charge in [0.05, 0.1) is 0 Å². The fourth-order valence-electron chi connectivity index (χ4n) is 1.26. The third-order valence-corrected chi connectivity index (χ3v) is 4.40. The quantitative estimate of drug-likeness (QED) is 0.826. The van der Waals surface area contributed by atoms with Crippen molar-refractivity contribution in [1.82, 2.24) is 4.72 Å². The van der Waals surface area contributed by atoms with Crippen molar-refractivity contribution in [3.8, 4) is 0 Å². The summed E-state index contributed by atoms with van der Waals surface area (Å²) in [5.41, 5.74) is 0.0355. The minimum Gasteiger partial charge on any atom is -0.598 e. The molecule has 0 aliphatic rings. The van der Waals surface area contributed by atoms with E-state index in [4.69, 9.17) is 0 Å². The molecule has 7 heteroatoms. The summed E-state index contributed by atoms with van der Waals surface area (Å²) >= 11 is 1.36. The Hall–Kier alpha value is -0.240. The van der Waals surface area contributed by atoms with Crippen molar-refractivity contribution in [3.63, 3.8) is 0 Å². The zero-order valence-corrected chi connectivity index (χ0v) is 13.1. The van der Waals surface area contributed by atoms with E-state index in [9.17, 15) is 17.7 Å². The highest BCUT2D eigenvalue weighted by molar-refractivity contribution is 9.10. The van der Waals surface area contributed by atoms with E-state index < -0.39 is 28.3 Å². The molecule has 108 valence electrons. The number of halogens is 4. The van der Waals surface area contributed by atoms with Gasteiger partial charge in [-0.3, -0.25) is 0 Å². The molecule has 1 rings (SSSR count). The second-order valence-electron chi connectivity index (χ2n) is 5.03. The van der Waals surface area contributed by atoms with Gasteiger partial charge in [0.1, 0.15) is 4.75 Å². The summed E-state index contributed by atoms with van der Waals surface area (Å²) in [7, 11) is 0. The molecule has 19 heavy (non-hydrogen) atoms. The van der Waals surface area contributed by atoms with Crippen molar-refractivity contribution >= 4 is 27.3 Å². The molecule has 0 amide bonds. The lowest BCUT2D eigenvalue weighted by Crippen LogP contribution is -2.45. The van der Waals surface area contributed by atoms with Crippen molar-refractivity contribution in [2.24, 2.45) is 0 Å². The van der Waals surface area contributed by atoms with Crippen LogP contribution in [0.4, 0.5) is 13.2 Å². The number of alkyl halides is 3. The molecule has 0 saturated carbocycles. The summed E-state index contributed by atoms with van der Waals surface area (Å²) in [4.78, 5) is 0. The fraction of sp³-hybridized carbons (Fsp3) is 0.500. The normalized spacial score (nSPS) is 16.2. The Morgan fingerprint density at radius 1 is 1.16 bits per heavy atom. The first-order valence-corrected chi connectivity index (χ1v) is 7.46. The van der Waals surface area contributed by atoms with Crippen LogP contribution in [-0.4, -0.2) is 15.5 Å². The lowest BCUT2D eigenvalue weighted by molar-refractivity contribution is -0.153. The number of nitrogens with one attached hydrogen (secondary N) is 1. The molecule has 2 atom stereocenters. The van der Waals surface area contributed by atoms with Crippen LogP contribution in [0.1, 0.15) is 32.4 Å². The monoisotopic (exact) mass is 357 g/mol. The molecule has 0 fully saturated rings. The fourth-order valence-corrected chi connectivity index (χ4v) is 2.36. The summed E-state index contributed by atoms with van der Waals surface area (Å²) in [5, 5.41) is 0. The third kappa shape index (κ3) is 4.98. The van der Waals surface area contributed by atoms with Crippen LogP contribution in [0.25, 0.3) is 0 Å². The van der Waals surface area contributed by atoms with E-state index in [2.05, 4.69) is 20.7 Å². The highest BCUT2D eigenvalue weighted by atomic mass is 79.9. The van der Waals surface area contributed by atoms with Crippen LogP contribution in [0.15, 0.2) is 28.7 Å². The van der Waals surface area contributed by atoms with Gasteiger partial charge in [0.2, 0.25) is 0 Å². The molecule has 0 spiro atoms. The topological polar surface area (TPSA) is 35.1 Å². The van der Waals surface area contributed by atoms with Crippen molar-refractivity contribution in [3.05, 3.63) is 34.3 Å². The van der Waals surface area contributed by atoms with Gasteiger partial charge in [-0.2, -0.15) is 13.2 Å². The van der Waals surface area contributed by atoms with Gasteiger partial charge in [-0.1, -0.05) is 28.1 Å². The van der Waals surface area contributed by atoms with Crippen molar-refractivity contribution in [2.45, 2.75) is 37.7 Å². The Balaban J connectivity index is 3.00. The summed E-state index contributed by atoms with van der Waals surface area (Å²) in [6.45, 7) is 4.85. The van der Waals surface area contributed by atoms with E-state index in [-0.39, 0.29) is 5.56 Å². The van der Waals surface area contributed by atoms with Gasteiger partial charge in [-0.05, 0) is 38.5 Å². The van der Waals surface area contributed by atoms with Crippen LogP contribution in [0.3, 0.4) is 0 Å². The Kier molecular flexibility index (Phi) is 5.34. The molecule has 0 unspecified atom stereocenters. The Morgan fingerprint density at radius 2 is 1.63 bits per heavy atom. The van der Waals surface area contributed by atoms with E-state index >= 15 is 0 Å². The minimum atomic E-state index is -4.51. The highest BCUT2D eigenvalue weighted by Crippen LogP contribution is 2.34. The number of benzene rings is 1. The van der Waals surface area contributed by atoms with Gasteiger partial charge in [0.15, 0.2) is 6.04 Å². The smallest absolute Gasteiger partial charge is 0.412 e. The van der Waals surface area contributed by atoms with E-state index in [0.717, 1.165) is 0 Å². The van der Waals surface area contributed by atoms with Gasteiger partial charge in [-0.25, -0.2) is 0 Å². The maximum absolute atomic E-state index is 13.0. The van der Waals surface area contributed by atoms with Gasteiger partial charge in [-0.15, -0.1) is 4.72 Å². The van der Waals surface area contributed by atoms with Crippen molar-refractivity contribution in [2.75, 3.05) is 0 Å². The van der Waals surface area contributed by atoms with Gasteiger partial charge >= 0.3 is 6.18 Å². The number of rotatable bonds is 3. The second kappa shape index (κ2) is 6.03. The van der Waals surface area contributed by atoms with Gasteiger partial charge in [0.25, 0.3) is 0 Å². The van der Waals surface area contributed by atoms with Crippen LogP contribution < -0.4 is 4.72 Å². The average Bonchev–Trinajstić information content (AvgIpc) is 2.24. The summed E-state index contributed by atoms with van der Waals surface area (Å²) in [6.07, 6.45) is -4.51. The van der Waals surface area contributed by atoms with Crippen LogP contribution in [-0.2, 0) is 11.4 Å². The SMILES string of the molecule is CC(C)(C)[S@+]([O-])N[C@H](c1ccc(Br)cc1)C(F)(F)F. The molecule has 1 N–H and O–H groups in total. The molecule has 0 aliphatic heterocycles. The maximum Gasteiger partial charge on any atom is 0.412 e. The molecule has 1 aromatic carbocycles. The summed E-state index contributed by atoms with van der Waals surface area (Å²) < 4.78 is 53.1. The van der Waals surface area contributed by atoms with Crippen LogP contribution >= 0.6 is 15.9 Å². The lowest BCUT2D eigenvalue weighted by Gasteiger charge is -2.29. The molecule has 2 nitrogen and oxygen atoms in total. The van der Waals surface area contributed by atoms with E-state index in [1.54, 1.807) is 20.8 Å². The predicted octanol–water partition coefficient (Wildman–Crippen LogP) is 4.10. The third-order valence-electron chi connectivity index (χ3n) is 2.31. The highest BCUT2D eigenvalue weighted by Gasteiger charge is 2.45. The first-order valence-electron chi connectivity index (χ1n) is 5.52. The standard InChI is InChI=1S/C12H15BrF3NOS/c1-11(2,3)19(18)17-10(12(14,15)16)8-4-6-9(13)7-5-8/h4-7,10,17H,1-3H3/t10-,19+/m1/s1. The zero-order chi connectivity index (χ0) is 14.8. The van der Waals surface area contributed by atoms with Gasteiger partial charge < -0.3 is 4.55 Å². The molecule has 0 bridgehead atoms. The molecular formula is C12H15BrF3NOS. The van der Waals surface area contributed by atoms with Gasteiger partial charge in [0, 0.05) is 15.8 Å². The molecular weight excluding hydrogens is 343 g/mol. The van der Waals surface area contributed by atoms with E-state index in [1.165, 1.54) is 24.3 Å². The minimum absolute atomic E-state index is 0.0355. The van der Waals surface area contributed by atoms with E-state index in [1.807, 2.05) is 0 Å². The predicted molar refractivity (Wildman–Crippen MR) is 74.0 cm³/mol. The van der Waals surface area contributed by atoms with E-state index in [0.29, 0.717) is 4.47 Å². The first kappa shape index (κ1) is 16.8. The van der Waals surface area contributed by atoms with Crippen molar-refractivity contribution in [1.29, 1.82) is 0 Å². The molecule has 1 aromatic rings. The van der Waals surface area contributed by atoms with Crippen molar-refractivity contribution < 1.29 is 17.7 Å². The Labute approximate surface area is 122 Å².